The Kier molecular flexibility index (Phi) is 15.2. The number of nitrogens with two attached hydrogens (primary N) is 1. The number of carboxylic acids is 1. The van der Waals surface area contributed by atoms with Gasteiger partial charge in [-0.1, -0.05) is 94.5 Å². The number of hydrogen-bond donors (Lipinski definition) is 3. The van der Waals surface area contributed by atoms with Crippen LogP contribution in [0.15, 0.2) is 60.7 Å². The smallest absolute Gasteiger partial charge is 0.303 e. The third-order valence-electron chi connectivity index (χ3n) is 8.29. The molecule has 9 heteroatoms. The zero-order valence-electron chi connectivity index (χ0n) is 27.4. The number of nitrogens with one attached hydrogen (secondary N) is 1. The molecule has 1 heterocycles. The van der Waals surface area contributed by atoms with E-state index in [0.29, 0.717) is 24.9 Å². The Hall–Kier alpha value is -4.27. The molecule has 3 rings (SSSR count). The zero-order valence-corrected chi connectivity index (χ0v) is 27.4. The molecule has 1 aromatic heterocycles. The monoisotopic (exact) mass is 630 g/mol. The molecule has 2 aromatic carbocycles. The van der Waals surface area contributed by atoms with E-state index in [0.717, 1.165) is 30.2 Å². The van der Waals surface area contributed by atoms with Crippen molar-refractivity contribution in [2.45, 2.75) is 109 Å². The summed E-state index contributed by atoms with van der Waals surface area (Å²) >= 11 is 0. The molecular formula is C37H50N4O5. The van der Waals surface area contributed by atoms with E-state index in [1.165, 1.54) is 31.2 Å². The number of carbonyl (C=O) groups is 4. The number of aryl methyl sites for hydroxylation is 1. The summed E-state index contributed by atoms with van der Waals surface area (Å²) in [7, 11) is 0. The average Bonchev–Trinajstić information content (AvgIpc) is 3.04. The van der Waals surface area contributed by atoms with E-state index in [4.69, 9.17) is 5.73 Å². The molecule has 0 radical (unpaired) electrons. The van der Waals surface area contributed by atoms with Gasteiger partial charge in [0.25, 0.3) is 5.91 Å². The van der Waals surface area contributed by atoms with Crippen molar-refractivity contribution in [2.24, 2.45) is 5.73 Å². The van der Waals surface area contributed by atoms with Crippen molar-refractivity contribution in [3.05, 3.63) is 77.5 Å². The number of unbranched alkanes of at least 4 members (excludes halogenated alkanes) is 5. The predicted molar refractivity (Wildman–Crippen MR) is 181 cm³/mol. The van der Waals surface area contributed by atoms with E-state index in [-0.39, 0.29) is 37.3 Å². The Labute approximate surface area is 273 Å². The summed E-state index contributed by atoms with van der Waals surface area (Å²) in [6.45, 7) is 4.60. The standard InChI is InChI=1S/C37H50N4O5/c1-3-5-7-8-9-13-27-18-20-28(21-19-27)25-30(26-34(38)42)41(24-6-4-2)37(46)33(16-12-17-35(43)44)40-36(45)32-23-22-29-14-10-11-15-31(29)39-32/h10-11,14-15,18-23,30,33H,3-9,12-13,16-17,24-26H2,1-2H3,(H2,38,42)(H,40,45)(H,43,44)/t30-,33-/m0/s1. The van der Waals surface area contributed by atoms with Gasteiger partial charge < -0.3 is 21.1 Å². The number of amides is 3. The van der Waals surface area contributed by atoms with Crippen LogP contribution in [0.3, 0.4) is 0 Å². The highest BCUT2D eigenvalue weighted by Crippen LogP contribution is 2.19. The average molecular weight is 631 g/mol. The van der Waals surface area contributed by atoms with E-state index >= 15 is 0 Å². The molecular weight excluding hydrogens is 580 g/mol. The molecule has 0 aliphatic rings. The molecule has 46 heavy (non-hydrogen) atoms. The number of para-hydroxylation sites is 1. The molecule has 0 fully saturated rings. The largest absolute Gasteiger partial charge is 0.481 e. The van der Waals surface area contributed by atoms with E-state index in [1.807, 2.05) is 31.2 Å². The molecule has 2 atom stereocenters. The highest BCUT2D eigenvalue weighted by Gasteiger charge is 2.32. The lowest BCUT2D eigenvalue weighted by molar-refractivity contribution is -0.139. The maximum Gasteiger partial charge on any atom is 0.303 e. The number of primary amides is 1. The first-order valence-electron chi connectivity index (χ1n) is 16.8. The lowest BCUT2D eigenvalue weighted by Crippen LogP contribution is -2.53. The third-order valence-corrected chi connectivity index (χ3v) is 8.29. The maximum atomic E-state index is 14.3. The summed E-state index contributed by atoms with van der Waals surface area (Å²) in [4.78, 5) is 57.4. The minimum atomic E-state index is -0.998. The first-order valence-corrected chi connectivity index (χ1v) is 16.8. The van der Waals surface area contributed by atoms with E-state index < -0.39 is 29.9 Å². The maximum absolute atomic E-state index is 14.3. The Balaban J connectivity index is 1.83. The van der Waals surface area contributed by atoms with Gasteiger partial charge in [0, 0.05) is 30.8 Å². The van der Waals surface area contributed by atoms with Gasteiger partial charge in [0.2, 0.25) is 11.8 Å². The highest BCUT2D eigenvalue weighted by atomic mass is 16.4. The van der Waals surface area contributed by atoms with Crippen LogP contribution in [-0.4, -0.2) is 57.3 Å². The predicted octanol–water partition coefficient (Wildman–Crippen LogP) is 6.22. The van der Waals surface area contributed by atoms with E-state index in [9.17, 15) is 24.3 Å². The third kappa shape index (κ3) is 11.9. The summed E-state index contributed by atoms with van der Waals surface area (Å²) in [5, 5.41) is 13.0. The minimum Gasteiger partial charge on any atom is -0.481 e. The first kappa shape index (κ1) is 36.2. The summed E-state index contributed by atoms with van der Waals surface area (Å²) in [6.07, 6.45) is 9.19. The van der Waals surface area contributed by atoms with Crippen molar-refractivity contribution in [3.8, 4) is 0 Å². The number of rotatable bonds is 21. The molecule has 0 saturated carbocycles. The van der Waals surface area contributed by atoms with Crippen LogP contribution in [-0.2, 0) is 27.2 Å². The fourth-order valence-electron chi connectivity index (χ4n) is 5.71. The van der Waals surface area contributed by atoms with Gasteiger partial charge in [0.05, 0.1) is 5.52 Å². The van der Waals surface area contributed by atoms with Crippen LogP contribution < -0.4 is 11.1 Å². The van der Waals surface area contributed by atoms with Crippen LogP contribution in [0, 0.1) is 0 Å². The van der Waals surface area contributed by atoms with Crippen molar-refractivity contribution in [1.82, 2.24) is 15.2 Å². The fourth-order valence-corrected chi connectivity index (χ4v) is 5.71. The summed E-state index contributed by atoms with van der Waals surface area (Å²) in [5.74, 6) is -2.38. The van der Waals surface area contributed by atoms with Crippen molar-refractivity contribution in [3.63, 3.8) is 0 Å². The van der Waals surface area contributed by atoms with Crippen LogP contribution in [0.2, 0.25) is 0 Å². The van der Waals surface area contributed by atoms with Crippen LogP contribution in [0.1, 0.15) is 106 Å². The van der Waals surface area contributed by atoms with Crippen LogP contribution >= 0.6 is 0 Å². The second-order valence-electron chi connectivity index (χ2n) is 12.1. The summed E-state index contributed by atoms with van der Waals surface area (Å²) in [5.41, 5.74) is 8.76. The van der Waals surface area contributed by atoms with Crippen LogP contribution in [0.4, 0.5) is 0 Å². The number of carboxylic acid groups (broad SMARTS) is 1. The Bertz CT molecular complexity index is 1420. The van der Waals surface area contributed by atoms with Crippen molar-refractivity contribution < 1.29 is 24.3 Å². The van der Waals surface area contributed by atoms with Crippen molar-refractivity contribution >= 4 is 34.6 Å². The van der Waals surface area contributed by atoms with Crippen molar-refractivity contribution in [1.29, 1.82) is 0 Å². The Morgan fingerprint density at radius 2 is 1.54 bits per heavy atom. The first-order chi connectivity index (χ1) is 22.2. The zero-order chi connectivity index (χ0) is 33.3. The Morgan fingerprint density at radius 3 is 2.24 bits per heavy atom. The van der Waals surface area contributed by atoms with Crippen LogP contribution in [0.5, 0.6) is 0 Å². The molecule has 248 valence electrons. The van der Waals surface area contributed by atoms with E-state index in [1.54, 1.807) is 17.0 Å². The lowest BCUT2D eigenvalue weighted by Gasteiger charge is -2.34. The van der Waals surface area contributed by atoms with Gasteiger partial charge in [0.1, 0.15) is 11.7 Å². The topological polar surface area (TPSA) is 143 Å². The number of aliphatic carboxylic acids is 1. The number of pyridine rings is 1. The molecule has 0 spiro atoms. The van der Waals surface area contributed by atoms with E-state index in [2.05, 4.69) is 41.5 Å². The molecule has 0 bridgehead atoms. The molecule has 3 aromatic rings. The minimum absolute atomic E-state index is 0.0311. The number of nitrogens with zero attached hydrogens (tertiary/aromatic N) is 2. The number of fused-ring (bicyclic) bond motifs is 1. The molecule has 0 aliphatic heterocycles. The molecule has 4 N–H and O–H groups in total. The summed E-state index contributed by atoms with van der Waals surface area (Å²) < 4.78 is 0. The van der Waals surface area contributed by atoms with Gasteiger partial charge in [0.15, 0.2) is 0 Å². The molecule has 0 saturated heterocycles. The number of carbonyl (C=O) groups excluding carboxylic acids is 3. The van der Waals surface area contributed by atoms with Gasteiger partial charge in [-0.3, -0.25) is 19.2 Å². The van der Waals surface area contributed by atoms with Gasteiger partial charge in [-0.25, -0.2) is 4.98 Å². The lowest BCUT2D eigenvalue weighted by atomic mass is 9.97. The normalized spacial score (nSPS) is 12.4. The number of benzene rings is 2. The highest BCUT2D eigenvalue weighted by molar-refractivity contribution is 5.98. The van der Waals surface area contributed by atoms with Crippen LogP contribution in [0.25, 0.3) is 10.9 Å². The second-order valence-corrected chi connectivity index (χ2v) is 12.1. The van der Waals surface area contributed by atoms with Crippen molar-refractivity contribution in [2.75, 3.05) is 6.54 Å². The van der Waals surface area contributed by atoms with Gasteiger partial charge in [-0.05, 0) is 61.8 Å². The van der Waals surface area contributed by atoms with Gasteiger partial charge in [-0.15, -0.1) is 0 Å². The molecule has 0 aliphatic carbocycles. The van der Waals surface area contributed by atoms with Gasteiger partial charge in [-0.2, -0.15) is 0 Å². The molecule has 3 amide bonds. The van der Waals surface area contributed by atoms with Gasteiger partial charge >= 0.3 is 5.97 Å². The molecule has 0 unspecified atom stereocenters. The second kappa shape index (κ2) is 19.3. The fraction of sp³-hybridized carbons (Fsp3) is 0.486. The quantitative estimate of drug-likeness (QED) is 0.119. The Morgan fingerprint density at radius 1 is 0.848 bits per heavy atom. The summed E-state index contributed by atoms with van der Waals surface area (Å²) in [6, 6.07) is 17.6. The SMILES string of the molecule is CCCCCCCc1ccc(C[C@@H](CC(N)=O)N(CCCC)C(=O)[C@H](CCCC(=O)O)NC(=O)c2ccc3ccccc3n2)cc1. The number of hydrogen-bond acceptors (Lipinski definition) is 5. The molecule has 9 nitrogen and oxygen atoms in total. The number of aromatic nitrogens is 1.